The zero-order valence-electron chi connectivity index (χ0n) is 22.4. The molecule has 1 amide bonds. The Morgan fingerprint density at radius 2 is 1.85 bits per heavy atom. The van der Waals surface area contributed by atoms with E-state index < -0.39 is 17.7 Å². The highest BCUT2D eigenvalue weighted by molar-refractivity contribution is 6.46. The number of hydrogen-bond donors (Lipinski definition) is 1. The van der Waals surface area contributed by atoms with Gasteiger partial charge in [0.15, 0.2) is 23.0 Å². The molecule has 3 aliphatic heterocycles. The maximum absolute atomic E-state index is 13.4. The highest BCUT2D eigenvalue weighted by Crippen LogP contribution is 2.43. The number of benzene rings is 2. The van der Waals surface area contributed by atoms with Crippen LogP contribution in [0.2, 0.25) is 0 Å². The van der Waals surface area contributed by atoms with Crippen LogP contribution in [-0.4, -0.2) is 67.9 Å². The number of hydrogen-bond acceptors (Lipinski definition) is 8. The second kappa shape index (κ2) is 12.0. The number of fused-ring (bicyclic) bond motifs is 1. The summed E-state index contributed by atoms with van der Waals surface area (Å²) in [6.07, 6.45) is 4.60. The lowest BCUT2D eigenvalue weighted by Gasteiger charge is -2.28. The fourth-order valence-corrected chi connectivity index (χ4v) is 5.28. The van der Waals surface area contributed by atoms with Crippen molar-refractivity contribution in [1.82, 2.24) is 4.90 Å². The third-order valence-electron chi connectivity index (χ3n) is 7.29. The number of carbonyl (C=O) groups is 2. The minimum absolute atomic E-state index is 0.00772. The van der Waals surface area contributed by atoms with Gasteiger partial charge in [0.2, 0.25) is 0 Å². The molecule has 5 rings (SSSR count). The first-order valence-corrected chi connectivity index (χ1v) is 13.6. The number of nitrogens with zero attached hydrogens (tertiary/aromatic N) is 1. The number of Topliss-reactive ketones (excluding diaryl/α,β-unsaturated/α-hetero) is 1. The number of carbonyl (C=O) groups excluding carboxylic acids is 2. The predicted octanol–water partition coefficient (Wildman–Crippen LogP) is 4.64. The summed E-state index contributed by atoms with van der Waals surface area (Å²) in [5.74, 6) is 0.419. The van der Waals surface area contributed by atoms with Crippen LogP contribution in [0.5, 0.6) is 23.0 Å². The monoisotopic (exact) mass is 537 g/mol. The Hall–Kier alpha value is -3.72. The van der Waals surface area contributed by atoms with E-state index in [1.807, 2.05) is 6.07 Å². The van der Waals surface area contributed by atoms with Gasteiger partial charge in [-0.25, -0.2) is 0 Å². The van der Waals surface area contributed by atoms with Gasteiger partial charge in [-0.1, -0.05) is 25.8 Å². The topological polar surface area (TPSA) is 104 Å². The van der Waals surface area contributed by atoms with E-state index in [0.717, 1.165) is 32.1 Å². The molecule has 0 spiro atoms. The van der Waals surface area contributed by atoms with E-state index in [9.17, 15) is 14.7 Å². The molecule has 9 heteroatoms. The van der Waals surface area contributed by atoms with E-state index in [4.69, 9.17) is 23.7 Å². The number of likely N-dealkylation sites (tertiary alicyclic amines) is 1. The van der Waals surface area contributed by atoms with Crippen LogP contribution in [-0.2, 0) is 14.3 Å². The summed E-state index contributed by atoms with van der Waals surface area (Å²) in [6, 6.07) is 9.51. The lowest BCUT2D eigenvalue weighted by atomic mass is 9.94. The highest BCUT2D eigenvalue weighted by Gasteiger charge is 2.47. The average molecular weight is 538 g/mol. The Morgan fingerprint density at radius 3 is 2.59 bits per heavy atom. The predicted molar refractivity (Wildman–Crippen MR) is 143 cm³/mol. The highest BCUT2D eigenvalue weighted by atomic mass is 16.6. The van der Waals surface area contributed by atoms with Crippen LogP contribution >= 0.6 is 0 Å². The smallest absolute Gasteiger partial charge is 0.295 e. The maximum Gasteiger partial charge on any atom is 0.295 e. The number of rotatable bonds is 10. The van der Waals surface area contributed by atoms with E-state index in [0.29, 0.717) is 60.6 Å². The molecule has 2 atom stereocenters. The van der Waals surface area contributed by atoms with Crippen LogP contribution < -0.4 is 18.9 Å². The van der Waals surface area contributed by atoms with E-state index >= 15 is 0 Å². The van der Waals surface area contributed by atoms with E-state index in [-0.39, 0.29) is 24.0 Å². The minimum atomic E-state index is -0.828. The zero-order chi connectivity index (χ0) is 27.4. The normalized spacial score (nSPS) is 21.8. The summed E-state index contributed by atoms with van der Waals surface area (Å²) in [6.45, 7) is 4.38. The van der Waals surface area contributed by atoms with Gasteiger partial charge < -0.3 is 33.7 Å². The Labute approximate surface area is 228 Å². The first-order valence-electron chi connectivity index (χ1n) is 13.6. The standard InChI is InChI=1S/C30H35NO8/c1-3-4-5-12-37-22-10-8-19(16-24(22)35-2)27-26(29(33)30(34)31(27)18-21-7-6-13-36-21)28(32)20-9-11-23-25(17-20)39-15-14-38-23/h8-11,16-17,21,27,32H,3-7,12-15,18H2,1-2H3/t21-,27+/m1/s1. The summed E-state index contributed by atoms with van der Waals surface area (Å²) < 4.78 is 28.6. The van der Waals surface area contributed by atoms with Gasteiger partial charge in [-0.3, -0.25) is 9.59 Å². The van der Waals surface area contributed by atoms with Gasteiger partial charge in [0.25, 0.3) is 11.7 Å². The van der Waals surface area contributed by atoms with Gasteiger partial charge in [0.1, 0.15) is 19.0 Å². The molecule has 2 aromatic carbocycles. The number of methoxy groups -OCH3 is 1. The van der Waals surface area contributed by atoms with E-state index in [1.54, 1.807) is 37.4 Å². The van der Waals surface area contributed by atoms with Gasteiger partial charge in [0, 0.05) is 18.7 Å². The molecule has 0 radical (unpaired) electrons. The fraction of sp³-hybridized carbons (Fsp3) is 0.467. The number of ketones is 1. The Morgan fingerprint density at radius 1 is 1.03 bits per heavy atom. The number of ether oxygens (including phenoxy) is 5. The quantitative estimate of drug-likeness (QED) is 0.202. The zero-order valence-corrected chi connectivity index (χ0v) is 22.4. The average Bonchev–Trinajstić information content (AvgIpc) is 3.57. The largest absolute Gasteiger partial charge is 0.507 e. The SMILES string of the molecule is CCCCCOc1ccc([C@H]2C(=C(O)c3ccc4c(c3)OCCO4)C(=O)C(=O)N2C[C@H]2CCCO2)cc1OC. The summed E-state index contributed by atoms with van der Waals surface area (Å²) >= 11 is 0. The van der Waals surface area contributed by atoms with Gasteiger partial charge >= 0.3 is 0 Å². The van der Waals surface area contributed by atoms with Crippen molar-refractivity contribution in [3.8, 4) is 23.0 Å². The van der Waals surface area contributed by atoms with Crippen LogP contribution in [0.25, 0.3) is 5.76 Å². The van der Waals surface area contributed by atoms with Crippen LogP contribution in [0.15, 0.2) is 42.0 Å². The van der Waals surface area contributed by atoms with Crippen molar-refractivity contribution in [2.45, 2.75) is 51.2 Å². The van der Waals surface area contributed by atoms with Crippen molar-refractivity contribution in [1.29, 1.82) is 0 Å². The van der Waals surface area contributed by atoms with Crippen molar-refractivity contribution in [2.24, 2.45) is 0 Å². The van der Waals surface area contributed by atoms with Crippen LogP contribution in [0.3, 0.4) is 0 Å². The minimum Gasteiger partial charge on any atom is -0.507 e. The second-order valence-corrected chi connectivity index (χ2v) is 9.91. The van der Waals surface area contributed by atoms with Crippen molar-refractivity contribution in [3.05, 3.63) is 53.1 Å². The van der Waals surface area contributed by atoms with Crippen LogP contribution in [0.4, 0.5) is 0 Å². The summed E-state index contributed by atoms with van der Waals surface area (Å²) in [7, 11) is 1.55. The molecule has 3 aliphatic rings. The fourth-order valence-electron chi connectivity index (χ4n) is 5.28. The summed E-state index contributed by atoms with van der Waals surface area (Å²) in [5.41, 5.74) is 1.000. The van der Waals surface area contributed by atoms with Crippen LogP contribution in [0.1, 0.15) is 56.2 Å². The Balaban J connectivity index is 1.55. The van der Waals surface area contributed by atoms with Crippen molar-refractivity contribution < 1.29 is 38.4 Å². The lowest BCUT2D eigenvalue weighted by Crippen LogP contribution is -2.36. The molecular weight excluding hydrogens is 502 g/mol. The molecule has 2 aromatic rings. The second-order valence-electron chi connectivity index (χ2n) is 9.91. The van der Waals surface area contributed by atoms with E-state index in [2.05, 4.69) is 6.92 Å². The third kappa shape index (κ3) is 5.54. The number of aliphatic hydroxyl groups is 1. The van der Waals surface area contributed by atoms with E-state index in [1.165, 1.54) is 4.90 Å². The van der Waals surface area contributed by atoms with Gasteiger partial charge in [-0.15, -0.1) is 0 Å². The molecule has 39 heavy (non-hydrogen) atoms. The molecule has 3 heterocycles. The molecule has 0 unspecified atom stereocenters. The molecule has 1 N–H and O–H groups in total. The molecule has 0 aromatic heterocycles. The first-order chi connectivity index (χ1) is 19.0. The first kappa shape index (κ1) is 26.9. The Kier molecular flexibility index (Phi) is 8.26. The van der Waals surface area contributed by atoms with Crippen molar-refractivity contribution >= 4 is 17.4 Å². The molecule has 208 valence electrons. The number of amides is 1. The maximum atomic E-state index is 13.4. The van der Waals surface area contributed by atoms with Gasteiger partial charge in [-0.2, -0.15) is 0 Å². The number of aliphatic hydroxyl groups excluding tert-OH is 1. The Bertz CT molecular complexity index is 1250. The molecule has 2 saturated heterocycles. The molecule has 0 bridgehead atoms. The number of unbranched alkanes of at least 4 members (excludes halogenated alkanes) is 2. The molecule has 9 nitrogen and oxygen atoms in total. The lowest BCUT2D eigenvalue weighted by molar-refractivity contribution is -0.140. The molecule has 0 saturated carbocycles. The van der Waals surface area contributed by atoms with Crippen LogP contribution in [0, 0.1) is 0 Å². The summed E-state index contributed by atoms with van der Waals surface area (Å²) in [4.78, 5) is 28.3. The van der Waals surface area contributed by atoms with Crippen molar-refractivity contribution in [2.75, 3.05) is 40.1 Å². The van der Waals surface area contributed by atoms with Crippen molar-refractivity contribution in [3.63, 3.8) is 0 Å². The molecule has 2 fully saturated rings. The van der Waals surface area contributed by atoms with Gasteiger partial charge in [0.05, 0.1) is 31.4 Å². The molecular formula is C30H35NO8. The molecule has 0 aliphatic carbocycles. The van der Waals surface area contributed by atoms with Gasteiger partial charge in [-0.05, 0) is 55.2 Å². The third-order valence-corrected chi connectivity index (χ3v) is 7.29. The summed E-state index contributed by atoms with van der Waals surface area (Å²) in [5, 5.41) is 11.5.